The third kappa shape index (κ3) is 5.14. The molecule has 0 aliphatic heterocycles. The SMILES string of the molecule is Cc1cc(Cl)nc(N)n1.Cc1nc(N)nc(Cl)c1Br. The molecule has 0 bridgehead atoms. The summed E-state index contributed by atoms with van der Waals surface area (Å²) in [6, 6.07) is 1.65. The second-order valence-electron chi connectivity index (χ2n) is 3.46. The molecule has 4 N–H and O–H groups in total. The van der Waals surface area contributed by atoms with Gasteiger partial charge < -0.3 is 11.5 Å². The highest BCUT2D eigenvalue weighted by atomic mass is 79.9. The minimum atomic E-state index is 0.200. The Morgan fingerprint density at radius 1 is 1.00 bits per heavy atom. The Labute approximate surface area is 128 Å². The first-order chi connectivity index (χ1) is 8.79. The van der Waals surface area contributed by atoms with Crippen molar-refractivity contribution < 1.29 is 0 Å². The Morgan fingerprint density at radius 3 is 2.05 bits per heavy atom. The van der Waals surface area contributed by atoms with Crippen molar-refractivity contribution in [3.8, 4) is 0 Å². The topological polar surface area (TPSA) is 104 Å². The summed E-state index contributed by atoms with van der Waals surface area (Å²) in [6.45, 7) is 3.61. The van der Waals surface area contributed by atoms with Crippen LogP contribution >= 0.6 is 39.1 Å². The van der Waals surface area contributed by atoms with Crippen LogP contribution in [-0.4, -0.2) is 19.9 Å². The quantitative estimate of drug-likeness (QED) is 0.695. The van der Waals surface area contributed by atoms with E-state index in [9.17, 15) is 0 Å². The first-order valence-electron chi connectivity index (χ1n) is 5.01. The number of nitrogens with two attached hydrogens (primary N) is 2. The standard InChI is InChI=1S/C5H5BrClN3.C5H6ClN3/c1-2-3(6)4(7)10-5(8)9-2;1-3-2-4(6)9-5(7)8-3/h1H3,(H2,8,9,10);2H,1H3,(H2,7,8,9). The first kappa shape index (κ1) is 15.9. The first-order valence-corrected chi connectivity index (χ1v) is 6.56. The van der Waals surface area contributed by atoms with Gasteiger partial charge in [-0.2, -0.15) is 0 Å². The summed E-state index contributed by atoms with van der Waals surface area (Å²) < 4.78 is 0.698. The molecule has 0 unspecified atom stereocenters. The van der Waals surface area contributed by atoms with Crippen LogP contribution in [0.4, 0.5) is 11.9 Å². The number of anilines is 2. The number of aromatic nitrogens is 4. The summed E-state index contributed by atoms with van der Waals surface area (Å²) in [5.74, 6) is 0.422. The summed E-state index contributed by atoms with van der Waals surface area (Å²) in [7, 11) is 0. The molecule has 0 fully saturated rings. The van der Waals surface area contributed by atoms with Crippen LogP contribution in [0, 0.1) is 13.8 Å². The summed E-state index contributed by atoms with van der Waals surface area (Å²) in [6.07, 6.45) is 0. The van der Waals surface area contributed by atoms with Gasteiger partial charge in [0, 0.05) is 5.69 Å². The van der Waals surface area contributed by atoms with Crippen molar-refractivity contribution in [2.24, 2.45) is 0 Å². The van der Waals surface area contributed by atoms with Gasteiger partial charge in [0.05, 0.1) is 10.2 Å². The van der Waals surface area contributed by atoms with E-state index in [0.29, 0.717) is 14.8 Å². The van der Waals surface area contributed by atoms with Crippen LogP contribution in [0.1, 0.15) is 11.4 Å². The second kappa shape index (κ2) is 6.83. The molecule has 0 aromatic carbocycles. The summed E-state index contributed by atoms with van der Waals surface area (Å²) in [5, 5.41) is 0.741. The van der Waals surface area contributed by atoms with Gasteiger partial charge in [-0.05, 0) is 35.8 Å². The average molecular weight is 366 g/mol. The lowest BCUT2D eigenvalue weighted by atomic mass is 10.5. The lowest BCUT2D eigenvalue weighted by Crippen LogP contribution is -1.97. The van der Waals surface area contributed by atoms with E-state index >= 15 is 0 Å². The van der Waals surface area contributed by atoms with E-state index in [-0.39, 0.29) is 11.9 Å². The highest BCUT2D eigenvalue weighted by Crippen LogP contribution is 2.22. The van der Waals surface area contributed by atoms with E-state index in [1.54, 1.807) is 13.0 Å². The van der Waals surface area contributed by atoms with Crippen molar-refractivity contribution in [2.75, 3.05) is 11.5 Å². The minimum Gasteiger partial charge on any atom is -0.368 e. The van der Waals surface area contributed by atoms with Gasteiger partial charge in [-0.1, -0.05) is 23.2 Å². The van der Waals surface area contributed by atoms with E-state index in [0.717, 1.165) is 11.4 Å². The molecule has 9 heteroatoms. The number of hydrogen-bond donors (Lipinski definition) is 2. The number of aryl methyl sites for hydroxylation is 2. The van der Waals surface area contributed by atoms with Crippen LogP contribution in [0.15, 0.2) is 10.5 Å². The van der Waals surface area contributed by atoms with E-state index in [2.05, 4.69) is 35.9 Å². The molecule has 0 atom stereocenters. The van der Waals surface area contributed by atoms with E-state index < -0.39 is 0 Å². The van der Waals surface area contributed by atoms with Crippen LogP contribution in [0.3, 0.4) is 0 Å². The normalized spacial score (nSPS) is 9.74. The van der Waals surface area contributed by atoms with Crippen molar-refractivity contribution in [1.29, 1.82) is 0 Å². The van der Waals surface area contributed by atoms with Crippen LogP contribution < -0.4 is 11.5 Å². The van der Waals surface area contributed by atoms with Crippen LogP contribution in [0.5, 0.6) is 0 Å². The minimum absolute atomic E-state index is 0.200. The average Bonchev–Trinajstić information content (AvgIpc) is 2.24. The largest absolute Gasteiger partial charge is 0.368 e. The summed E-state index contributed by atoms with van der Waals surface area (Å²) in [5.41, 5.74) is 12.1. The maximum absolute atomic E-state index is 5.64. The highest BCUT2D eigenvalue weighted by Gasteiger charge is 2.03. The molecule has 2 aromatic heterocycles. The zero-order valence-corrected chi connectivity index (χ0v) is 13.3. The van der Waals surface area contributed by atoms with Crippen LogP contribution in [0.25, 0.3) is 0 Å². The predicted molar refractivity (Wildman–Crippen MR) is 80.1 cm³/mol. The molecular weight excluding hydrogens is 355 g/mol. The Hall–Kier alpha value is -1.18. The Balaban J connectivity index is 0.000000191. The number of nitrogens with zero attached hydrogens (tertiary/aromatic N) is 4. The van der Waals surface area contributed by atoms with Crippen molar-refractivity contribution in [3.63, 3.8) is 0 Å². The van der Waals surface area contributed by atoms with E-state index in [1.807, 2.05) is 6.92 Å². The fraction of sp³-hybridized carbons (Fsp3) is 0.200. The third-order valence-electron chi connectivity index (χ3n) is 1.83. The van der Waals surface area contributed by atoms with E-state index in [1.165, 1.54) is 0 Å². The van der Waals surface area contributed by atoms with Crippen molar-refractivity contribution in [2.45, 2.75) is 13.8 Å². The monoisotopic (exact) mass is 364 g/mol. The van der Waals surface area contributed by atoms with Gasteiger partial charge in [-0.15, -0.1) is 0 Å². The highest BCUT2D eigenvalue weighted by molar-refractivity contribution is 9.10. The van der Waals surface area contributed by atoms with Gasteiger partial charge in [-0.25, -0.2) is 19.9 Å². The van der Waals surface area contributed by atoms with Crippen molar-refractivity contribution in [3.05, 3.63) is 32.2 Å². The molecule has 0 aliphatic rings. The molecular formula is C10H11BrCl2N6. The van der Waals surface area contributed by atoms with Gasteiger partial charge in [0.1, 0.15) is 10.3 Å². The number of rotatable bonds is 0. The Bertz CT molecular complexity index is 519. The fourth-order valence-corrected chi connectivity index (χ4v) is 1.74. The van der Waals surface area contributed by atoms with Gasteiger partial charge in [0.2, 0.25) is 11.9 Å². The number of nitrogen functional groups attached to an aromatic ring is 2. The lowest BCUT2D eigenvalue weighted by Gasteiger charge is -1.98. The molecule has 6 nitrogen and oxygen atoms in total. The van der Waals surface area contributed by atoms with Crippen molar-refractivity contribution in [1.82, 2.24) is 19.9 Å². The molecule has 0 radical (unpaired) electrons. The molecule has 0 saturated carbocycles. The van der Waals surface area contributed by atoms with E-state index in [4.69, 9.17) is 34.7 Å². The molecule has 19 heavy (non-hydrogen) atoms. The smallest absolute Gasteiger partial charge is 0.221 e. The second-order valence-corrected chi connectivity index (χ2v) is 5.00. The number of hydrogen-bond acceptors (Lipinski definition) is 6. The Morgan fingerprint density at radius 2 is 1.58 bits per heavy atom. The molecule has 102 valence electrons. The van der Waals surface area contributed by atoms with Gasteiger partial charge in [0.15, 0.2) is 0 Å². The van der Waals surface area contributed by atoms with Gasteiger partial charge in [0.25, 0.3) is 0 Å². The molecule has 0 amide bonds. The maximum atomic E-state index is 5.64. The van der Waals surface area contributed by atoms with Crippen LogP contribution in [-0.2, 0) is 0 Å². The molecule has 0 saturated heterocycles. The van der Waals surface area contributed by atoms with Gasteiger partial charge >= 0.3 is 0 Å². The van der Waals surface area contributed by atoms with Gasteiger partial charge in [-0.3, -0.25) is 0 Å². The molecule has 2 heterocycles. The molecule has 0 aliphatic carbocycles. The zero-order valence-electron chi connectivity index (χ0n) is 10.2. The van der Waals surface area contributed by atoms with Crippen LogP contribution in [0.2, 0.25) is 10.3 Å². The summed E-state index contributed by atoms with van der Waals surface area (Å²) >= 11 is 14.4. The lowest BCUT2D eigenvalue weighted by molar-refractivity contribution is 1.10. The zero-order chi connectivity index (χ0) is 14.6. The molecule has 2 aromatic rings. The fourth-order valence-electron chi connectivity index (χ4n) is 1.10. The maximum Gasteiger partial charge on any atom is 0.221 e. The molecule has 0 spiro atoms. The Kier molecular flexibility index (Phi) is 5.71. The predicted octanol–water partition coefficient (Wildman–Crippen LogP) is 2.80. The third-order valence-corrected chi connectivity index (χ3v) is 3.48. The summed E-state index contributed by atoms with van der Waals surface area (Å²) in [4.78, 5) is 15.1. The molecule has 2 rings (SSSR count). The van der Waals surface area contributed by atoms with Crippen molar-refractivity contribution >= 4 is 51.0 Å². The number of halogens is 3.